The van der Waals surface area contributed by atoms with Gasteiger partial charge in [0.1, 0.15) is 18.2 Å². The van der Waals surface area contributed by atoms with Crippen LogP contribution in [0.25, 0.3) is 0 Å². The van der Waals surface area contributed by atoms with Crippen molar-refractivity contribution in [2.45, 2.75) is 13.0 Å². The Labute approximate surface area is 116 Å². The number of hydrogen-bond acceptors (Lipinski definition) is 4. The molecule has 102 valence electrons. The summed E-state index contributed by atoms with van der Waals surface area (Å²) >= 11 is 5.40. The van der Waals surface area contributed by atoms with Gasteiger partial charge < -0.3 is 9.47 Å². The van der Waals surface area contributed by atoms with Crippen LogP contribution in [0.15, 0.2) is 24.3 Å². The van der Waals surface area contributed by atoms with E-state index in [4.69, 9.17) is 21.1 Å². The van der Waals surface area contributed by atoms with Crippen LogP contribution < -0.4 is 4.74 Å². The van der Waals surface area contributed by atoms with E-state index in [0.29, 0.717) is 5.75 Å². The Morgan fingerprint density at radius 2 is 2.16 bits per heavy atom. The number of aryl methyl sites for hydroxylation is 1. The van der Waals surface area contributed by atoms with E-state index in [0.717, 1.165) is 10.5 Å². The molecule has 0 aromatic heterocycles. The van der Waals surface area contributed by atoms with Crippen molar-refractivity contribution < 1.29 is 19.1 Å². The first kappa shape index (κ1) is 13.7. The summed E-state index contributed by atoms with van der Waals surface area (Å²) in [4.78, 5) is 23.7. The summed E-state index contributed by atoms with van der Waals surface area (Å²) in [6.45, 7) is 2.37. The first-order chi connectivity index (χ1) is 9.10. The van der Waals surface area contributed by atoms with Gasteiger partial charge in [0.25, 0.3) is 0 Å². The van der Waals surface area contributed by atoms with Gasteiger partial charge >= 0.3 is 6.09 Å². The molecule has 1 heterocycles. The summed E-state index contributed by atoms with van der Waals surface area (Å²) in [7, 11) is 0. The molecule has 0 N–H and O–H groups in total. The van der Waals surface area contributed by atoms with Crippen LogP contribution in [0, 0.1) is 6.92 Å². The number of imide groups is 1. The fourth-order valence-corrected chi connectivity index (χ4v) is 1.85. The smallest absolute Gasteiger partial charge is 0.417 e. The maximum Gasteiger partial charge on any atom is 0.417 e. The number of carbonyl (C=O) groups is 2. The predicted octanol–water partition coefficient (Wildman–Crippen LogP) is 1.96. The van der Waals surface area contributed by atoms with Crippen molar-refractivity contribution >= 4 is 23.6 Å². The number of rotatable bonds is 4. The Hall–Kier alpha value is -1.75. The Balaban J connectivity index is 1.86. The zero-order valence-electron chi connectivity index (χ0n) is 10.5. The van der Waals surface area contributed by atoms with Crippen molar-refractivity contribution in [2.75, 3.05) is 19.0 Å². The molecule has 0 aliphatic carbocycles. The van der Waals surface area contributed by atoms with Crippen molar-refractivity contribution in [2.24, 2.45) is 0 Å². The Morgan fingerprint density at radius 3 is 2.79 bits per heavy atom. The molecule has 1 aromatic rings. The molecule has 1 atom stereocenters. The second kappa shape index (κ2) is 5.93. The number of halogens is 1. The van der Waals surface area contributed by atoms with E-state index in [2.05, 4.69) is 0 Å². The lowest BCUT2D eigenvalue weighted by Gasteiger charge is -2.10. The van der Waals surface area contributed by atoms with Gasteiger partial charge in [0.15, 0.2) is 6.10 Å². The lowest BCUT2D eigenvalue weighted by Crippen LogP contribution is -2.33. The number of carbonyl (C=O) groups excluding carboxylic acids is 2. The molecule has 1 unspecified atom stereocenters. The number of benzene rings is 1. The molecule has 0 radical (unpaired) electrons. The molecule has 6 heteroatoms. The minimum absolute atomic E-state index is 0.177. The average Bonchev–Trinajstić information content (AvgIpc) is 2.78. The topological polar surface area (TPSA) is 55.8 Å². The normalized spacial score (nSPS) is 18.3. The van der Waals surface area contributed by atoms with Gasteiger partial charge in [0.2, 0.25) is 5.91 Å². The van der Waals surface area contributed by atoms with E-state index in [1.54, 1.807) is 0 Å². The third kappa shape index (κ3) is 3.38. The minimum atomic E-state index is -0.664. The highest BCUT2D eigenvalue weighted by Gasteiger charge is 2.35. The highest BCUT2D eigenvalue weighted by molar-refractivity contribution is 6.28. The van der Waals surface area contributed by atoms with Crippen molar-refractivity contribution in [3.63, 3.8) is 0 Å². The molecular formula is C13H14ClNO4. The van der Waals surface area contributed by atoms with Crippen molar-refractivity contribution in [1.82, 2.24) is 4.90 Å². The van der Waals surface area contributed by atoms with E-state index in [1.165, 1.54) is 0 Å². The van der Waals surface area contributed by atoms with Crippen LogP contribution >= 0.6 is 11.6 Å². The standard InChI is InChI=1S/C13H14ClNO4/c1-9-2-4-10(5-3-9)18-8-11-7-15(12(16)6-14)13(17)19-11/h2-5,11H,6-8H2,1H3. The molecule has 0 saturated carbocycles. The molecule has 1 saturated heterocycles. The summed E-state index contributed by atoms with van der Waals surface area (Å²) in [6, 6.07) is 7.54. The van der Waals surface area contributed by atoms with Gasteiger partial charge in [0, 0.05) is 0 Å². The van der Waals surface area contributed by atoms with Gasteiger partial charge in [-0.1, -0.05) is 17.7 Å². The lowest BCUT2D eigenvalue weighted by atomic mass is 10.2. The molecule has 1 aromatic carbocycles. The van der Waals surface area contributed by atoms with Crippen LogP contribution in [0.2, 0.25) is 0 Å². The molecule has 0 spiro atoms. The van der Waals surface area contributed by atoms with Crippen LogP contribution in [0.3, 0.4) is 0 Å². The number of alkyl halides is 1. The van der Waals surface area contributed by atoms with E-state index >= 15 is 0 Å². The molecule has 1 fully saturated rings. The van der Waals surface area contributed by atoms with Crippen LogP contribution in [0.1, 0.15) is 5.56 Å². The van der Waals surface area contributed by atoms with E-state index < -0.39 is 18.1 Å². The Morgan fingerprint density at radius 1 is 1.47 bits per heavy atom. The van der Waals surface area contributed by atoms with Crippen molar-refractivity contribution in [3.05, 3.63) is 29.8 Å². The predicted molar refractivity (Wildman–Crippen MR) is 69.4 cm³/mol. The maximum atomic E-state index is 11.4. The Bertz CT molecular complexity index is 474. The van der Waals surface area contributed by atoms with Gasteiger partial charge in [-0.25, -0.2) is 9.69 Å². The van der Waals surface area contributed by atoms with Crippen LogP contribution in [0.4, 0.5) is 4.79 Å². The van der Waals surface area contributed by atoms with Crippen LogP contribution in [-0.2, 0) is 9.53 Å². The van der Waals surface area contributed by atoms with Crippen molar-refractivity contribution in [3.8, 4) is 5.75 Å². The summed E-state index contributed by atoms with van der Waals surface area (Å²) in [5.74, 6) is 0.00829. The quantitative estimate of drug-likeness (QED) is 0.793. The lowest BCUT2D eigenvalue weighted by molar-refractivity contribution is -0.125. The summed E-state index contributed by atoms with van der Waals surface area (Å²) in [5.41, 5.74) is 1.14. The summed E-state index contributed by atoms with van der Waals surface area (Å²) in [5, 5.41) is 0. The van der Waals surface area contributed by atoms with E-state index in [-0.39, 0.29) is 19.0 Å². The van der Waals surface area contributed by atoms with Crippen molar-refractivity contribution in [1.29, 1.82) is 0 Å². The fraction of sp³-hybridized carbons (Fsp3) is 0.385. The number of amides is 2. The molecule has 2 rings (SSSR count). The maximum absolute atomic E-state index is 11.4. The van der Waals surface area contributed by atoms with Crippen LogP contribution in [-0.4, -0.2) is 42.0 Å². The third-order valence-electron chi connectivity index (χ3n) is 2.75. The number of hydrogen-bond donors (Lipinski definition) is 0. The first-order valence-electron chi connectivity index (χ1n) is 5.86. The third-order valence-corrected chi connectivity index (χ3v) is 2.97. The highest BCUT2D eigenvalue weighted by atomic mass is 35.5. The fourth-order valence-electron chi connectivity index (χ4n) is 1.71. The molecule has 2 amide bonds. The molecule has 19 heavy (non-hydrogen) atoms. The molecule has 1 aliphatic heterocycles. The zero-order chi connectivity index (χ0) is 13.8. The van der Waals surface area contributed by atoms with E-state index in [1.807, 2.05) is 31.2 Å². The van der Waals surface area contributed by atoms with Gasteiger partial charge in [0.05, 0.1) is 6.54 Å². The number of nitrogens with zero attached hydrogens (tertiary/aromatic N) is 1. The molecule has 0 bridgehead atoms. The SMILES string of the molecule is Cc1ccc(OCC2CN(C(=O)CCl)C(=O)O2)cc1. The Kier molecular flexibility index (Phi) is 4.27. The summed E-state index contributed by atoms with van der Waals surface area (Å²) < 4.78 is 10.5. The highest BCUT2D eigenvalue weighted by Crippen LogP contribution is 2.16. The monoisotopic (exact) mass is 283 g/mol. The molecule has 1 aliphatic rings. The largest absolute Gasteiger partial charge is 0.490 e. The van der Waals surface area contributed by atoms with Gasteiger partial charge in [-0.05, 0) is 19.1 Å². The van der Waals surface area contributed by atoms with Gasteiger partial charge in [-0.2, -0.15) is 0 Å². The zero-order valence-corrected chi connectivity index (χ0v) is 11.2. The van der Waals surface area contributed by atoms with E-state index in [9.17, 15) is 9.59 Å². The number of cyclic esters (lactones) is 1. The first-order valence-corrected chi connectivity index (χ1v) is 6.40. The minimum Gasteiger partial charge on any atom is -0.490 e. The second-order valence-corrected chi connectivity index (χ2v) is 4.54. The summed E-state index contributed by atoms with van der Waals surface area (Å²) in [6.07, 6.45) is -1.12. The van der Waals surface area contributed by atoms with Gasteiger partial charge in [-0.15, -0.1) is 11.6 Å². The second-order valence-electron chi connectivity index (χ2n) is 4.27. The molecular weight excluding hydrogens is 270 g/mol. The number of ether oxygens (including phenoxy) is 2. The van der Waals surface area contributed by atoms with Gasteiger partial charge in [-0.3, -0.25) is 4.79 Å². The molecule has 5 nitrogen and oxygen atoms in total. The van der Waals surface area contributed by atoms with Crippen LogP contribution in [0.5, 0.6) is 5.75 Å². The average molecular weight is 284 g/mol.